The molecule has 1 aliphatic rings. The monoisotopic (exact) mass is 249 g/mol. The van der Waals surface area contributed by atoms with Gasteiger partial charge in [-0.3, -0.25) is 4.68 Å². The highest BCUT2D eigenvalue weighted by molar-refractivity contribution is 5.04. The summed E-state index contributed by atoms with van der Waals surface area (Å²) in [5.74, 6) is 1.72. The van der Waals surface area contributed by atoms with Crippen LogP contribution in [0.15, 0.2) is 12.4 Å². The van der Waals surface area contributed by atoms with Gasteiger partial charge in [-0.2, -0.15) is 5.10 Å². The van der Waals surface area contributed by atoms with Crippen LogP contribution in [0.3, 0.4) is 0 Å². The van der Waals surface area contributed by atoms with Crippen LogP contribution in [0.4, 0.5) is 0 Å². The molecule has 1 saturated carbocycles. The number of nitrogens with zero attached hydrogens (tertiary/aromatic N) is 2. The van der Waals surface area contributed by atoms with Crippen LogP contribution in [0.25, 0.3) is 0 Å². The maximum atomic E-state index is 6.36. The zero-order chi connectivity index (χ0) is 13.0. The summed E-state index contributed by atoms with van der Waals surface area (Å²) in [5.41, 5.74) is 7.68. The van der Waals surface area contributed by atoms with E-state index < -0.39 is 0 Å². The second-order valence-corrected chi connectivity index (χ2v) is 5.91. The lowest BCUT2D eigenvalue weighted by molar-refractivity contribution is 0.233. The van der Waals surface area contributed by atoms with Gasteiger partial charge < -0.3 is 5.73 Å². The first kappa shape index (κ1) is 13.6. The summed E-state index contributed by atoms with van der Waals surface area (Å²) in [6.07, 6.45) is 13.0. The van der Waals surface area contributed by atoms with E-state index in [1.54, 1.807) is 0 Å². The van der Waals surface area contributed by atoms with Crippen molar-refractivity contribution in [2.24, 2.45) is 24.6 Å². The summed E-state index contributed by atoms with van der Waals surface area (Å²) in [4.78, 5) is 0. The van der Waals surface area contributed by atoms with Gasteiger partial charge in [0.2, 0.25) is 0 Å². The van der Waals surface area contributed by atoms with Gasteiger partial charge in [0.05, 0.1) is 6.20 Å². The average molecular weight is 249 g/mol. The molecule has 3 nitrogen and oxygen atoms in total. The lowest BCUT2D eigenvalue weighted by Gasteiger charge is -2.31. The summed E-state index contributed by atoms with van der Waals surface area (Å²) in [6, 6.07) is 0.378. The lowest BCUT2D eigenvalue weighted by Crippen LogP contribution is -2.33. The Hall–Kier alpha value is -0.830. The average Bonchev–Trinajstić information content (AvgIpc) is 2.82. The van der Waals surface area contributed by atoms with Gasteiger partial charge in [0, 0.05) is 19.3 Å². The highest BCUT2D eigenvalue weighted by Crippen LogP contribution is 2.32. The van der Waals surface area contributed by atoms with Crippen molar-refractivity contribution in [1.29, 1.82) is 0 Å². The summed E-state index contributed by atoms with van der Waals surface area (Å²) in [7, 11) is 1.97. The molecule has 0 spiro atoms. The van der Waals surface area contributed by atoms with Gasteiger partial charge in [-0.1, -0.05) is 26.2 Å². The Bertz CT molecular complexity index is 350. The van der Waals surface area contributed by atoms with Gasteiger partial charge >= 0.3 is 0 Å². The number of hydrogen-bond acceptors (Lipinski definition) is 2. The van der Waals surface area contributed by atoms with Crippen molar-refractivity contribution in [3.8, 4) is 0 Å². The highest BCUT2D eigenvalue weighted by atomic mass is 15.2. The van der Waals surface area contributed by atoms with E-state index in [-0.39, 0.29) is 0 Å². The fraction of sp³-hybridized carbons (Fsp3) is 0.800. The molecule has 102 valence electrons. The number of aromatic nitrogens is 2. The third kappa shape index (κ3) is 3.58. The SMILES string of the molecule is CCC1CCC(C(N)CCc2cnn(C)c2)CC1. The lowest BCUT2D eigenvalue weighted by atomic mass is 9.77. The minimum atomic E-state index is 0.378. The fourth-order valence-electron chi connectivity index (χ4n) is 3.19. The Balaban J connectivity index is 1.73. The third-order valence-electron chi connectivity index (χ3n) is 4.60. The van der Waals surface area contributed by atoms with Crippen LogP contribution >= 0.6 is 0 Å². The Labute approximate surface area is 111 Å². The summed E-state index contributed by atoms with van der Waals surface area (Å²) < 4.78 is 1.87. The summed E-state index contributed by atoms with van der Waals surface area (Å²) >= 11 is 0. The molecular formula is C15H27N3. The Morgan fingerprint density at radius 1 is 1.39 bits per heavy atom. The van der Waals surface area contributed by atoms with Crippen molar-refractivity contribution >= 4 is 0 Å². The second-order valence-electron chi connectivity index (χ2n) is 5.91. The van der Waals surface area contributed by atoms with E-state index in [0.29, 0.717) is 6.04 Å². The molecule has 1 aromatic rings. The van der Waals surface area contributed by atoms with Gasteiger partial charge in [-0.15, -0.1) is 0 Å². The van der Waals surface area contributed by atoms with Gasteiger partial charge in [0.25, 0.3) is 0 Å². The molecule has 3 heteroatoms. The van der Waals surface area contributed by atoms with Crippen LogP contribution in [0.2, 0.25) is 0 Å². The standard InChI is InChI=1S/C15H27N3/c1-3-12-4-7-14(8-5-12)15(16)9-6-13-10-17-18(2)11-13/h10-12,14-15H,3-9,16H2,1-2H3. The van der Waals surface area contributed by atoms with Crippen LogP contribution in [0.1, 0.15) is 51.0 Å². The molecule has 0 saturated heterocycles. The van der Waals surface area contributed by atoms with Gasteiger partial charge in [0.15, 0.2) is 0 Å². The number of aryl methyl sites for hydroxylation is 2. The smallest absolute Gasteiger partial charge is 0.0521 e. The van der Waals surface area contributed by atoms with E-state index >= 15 is 0 Å². The molecule has 0 radical (unpaired) electrons. The highest BCUT2D eigenvalue weighted by Gasteiger charge is 2.24. The first-order valence-corrected chi connectivity index (χ1v) is 7.42. The molecule has 2 rings (SSSR count). The third-order valence-corrected chi connectivity index (χ3v) is 4.60. The van der Waals surface area contributed by atoms with E-state index in [9.17, 15) is 0 Å². The molecule has 1 unspecified atom stereocenters. The Kier molecular flexibility index (Phi) is 4.81. The molecule has 18 heavy (non-hydrogen) atoms. The molecular weight excluding hydrogens is 222 g/mol. The van der Waals surface area contributed by atoms with Crippen LogP contribution in [0, 0.1) is 11.8 Å². The van der Waals surface area contributed by atoms with Crippen molar-refractivity contribution in [2.45, 2.75) is 57.9 Å². The van der Waals surface area contributed by atoms with Crippen molar-refractivity contribution in [2.75, 3.05) is 0 Å². The molecule has 0 aromatic carbocycles. The molecule has 1 heterocycles. The summed E-state index contributed by atoms with van der Waals surface area (Å²) in [5, 5.41) is 4.20. The Morgan fingerprint density at radius 2 is 2.11 bits per heavy atom. The molecule has 1 aromatic heterocycles. The minimum absolute atomic E-state index is 0.378. The van der Waals surface area contributed by atoms with E-state index in [1.165, 1.54) is 37.7 Å². The quantitative estimate of drug-likeness (QED) is 0.872. The van der Waals surface area contributed by atoms with Crippen LogP contribution in [-0.4, -0.2) is 15.8 Å². The topological polar surface area (TPSA) is 43.8 Å². The molecule has 1 fully saturated rings. The predicted octanol–water partition coefficient (Wildman–Crippen LogP) is 2.90. The van der Waals surface area contributed by atoms with Crippen molar-refractivity contribution < 1.29 is 0 Å². The number of nitrogens with two attached hydrogens (primary N) is 1. The second kappa shape index (κ2) is 6.37. The fourth-order valence-corrected chi connectivity index (χ4v) is 3.19. The minimum Gasteiger partial charge on any atom is -0.327 e. The van der Waals surface area contributed by atoms with E-state index in [4.69, 9.17) is 5.73 Å². The van der Waals surface area contributed by atoms with Crippen LogP contribution in [-0.2, 0) is 13.5 Å². The zero-order valence-corrected chi connectivity index (χ0v) is 11.8. The number of rotatable bonds is 5. The van der Waals surface area contributed by atoms with Crippen molar-refractivity contribution in [3.05, 3.63) is 18.0 Å². The number of hydrogen-bond donors (Lipinski definition) is 1. The zero-order valence-electron chi connectivity index (χ0n) is 11.8. The molecule has 1 atom stereocenters. The molecule has 0 aliphatic heterocycles. The first-order chi connectivity index (χ1) is 8.69. The van der Waals surface area contributed by atoms with Crippen molar-refractivity contribution in [1.82, 2.24) is 9.78 Å². The van der Waals surface area contributed by atoms with E-state index in [0.717, 1.165) is 24.7 Å². The largest absolute Gasteiger partial charge is 0.327 e. The van der Waals surface area contributed by atoms with Crippen LogP contribution < -0.4 is 5.73 Å². The predicted molar refractivity (Wildman–Crippen MR) is 75.2 cm³/mol. The molecule has 0 amide bonds. The van der Waals surface area contributed by atoms with E-state index in [1.807, 2.05) is 17.9 Å². The Morgan fingerprint density at radius 3 is 2.67 bits per heavy atom. The molecule has 2 N–H and O–H groups in total. The van der Waals surface area contributed by atoms with Gasteiger partial charge in [-0.05, 0) is 43.1 Å². The first-order valence-electron chi connectivity index (χ1n) is 7.42. The maximum Gasteiger partial charge on any atom is 0.0521 e. The molecule has 0 bridgehead atoms. The van der Waals surface area contributed by atoms with E-state index in [2.05, 4.69) is 18.2 Å². The summed E-state index contributed by atoms with van der Waals surface area (Å²) in [6.45, 7) is 2.31. The maximum absolute atomic E-state index is 6.36. The van der Waals surface area contributed by atoms with Gasteiger partial charge in [0.1, 0.15) is 0 Å². The molecule has 1 aliphatic carbocycles. The van der Waals surface area contributed by atoms with Crippen molar-refractivity contribution in [3.63, 3.8) is 0 Å². The normalized spacial score (nSPS) is 26.2. The van der Waals surface area contributed by atoms with Gasteiger partial charge in [-0.25, -0.2) is 0 Å². The van der Waals surface area contributed by atoms with Crippen LogP contribution in [0.5, 0.6) is 0 Å².